The summed E-state index contributed by atoms with van der Waals surface area (Å²) in [6.07, 6.45) is 2.15. The van der Waals surface area contributed by atoms with E-state index in [-0.39, 0.29) is 0 Å². The first-order chi connectivity index (χ1) is 10.7. The number of anilines is 1. The smallest absolute Gasteiger partial charge is 0.118 e. The number of hydrogen-bond acceptors (Lipinski definition) is 4. The fraction of sp³-hybridized carbons (Fsp3) is 0.444. The molecule has 1 aromatic heterocycles. The minimum Gasteiger partial charge on any atom is -0.465 e. The van der Waals surface area contributed by atoms with Crippen molar-refractivity contribution in [3.63, 3.8) is 0 Å². The van der Waals surface area contributed by atoms with Crippen molar-refractivity contribution in [2.45, 2.75) is 25.3 Å². The molecule has 0 N–H and O–H groups in total. The number of aryl methyl sites for hydroxylation is 2. The van der Waals surface area contributed by atoms with Gasteiger partial charge in [-0.1, -0.05) is 12.1 Å². The van der Waals surface area contributed by atoms with E-state index in [2.05, 4.69) is 53.3 Å². The molecule has 2 aromatic rings. The first-order valence-corrected chi connectivity index (χ1v) is 9.06. The lowest BCUT2D eigenvalue weighted by molar-refractivity contribution is 0.229. The molecule has 0 atom stereocenters. The third-order valence-corrected chi connectivity index (χ3v) is 5.18. The maximum absolute atomic E-state index is 5.81. The fourth-order valence-corrected chi connectivity index (χ4v) is 3.61. The van der Waals surface area contributed by atoms with Crippen LogP contribution in [0.4, 0.5) is 5.69 Å². The third kappa shape index (κ3) is 3.33. The molecule has 22 heavy (non-hydrogen) atoms. The summed E-state index contributed by atoms with van der Waals surface area (Å²) in [5.74, 6) is 2.13. The molecule has 0 bridgehead atoms. The lowest BCUT2D eigenvalue weighted by Crippen LogP contribution is -2.46. The van der Waals surface area contributed by atoms with Gasteiger partial charge < -0.3 is 9.32 Å². The van der Waals surface area contributed by atoms with Crippen molar-refractivity contribution in [1.29, 1.82) is 0 Å². The Labute approximate surface area is 137 Å². The van der Waals surface area contributed by atoms with E-state index in [1.165, 1.54) is 16.1 Å². The molecule has 2 heterocycles. The average Bonchev–Trinajstić information content (AvgIpc) is 2.86. The number of benzene rings is 1. The number of para-hydroxylation sites is 1. The summed E-state index contributed by atoms with van der Waals surface area (Å²) in [5.41, 5.74) is 2.63. The lowest BCUT2D eigenvalue weighted by Gasteiger charge is -2.36. The molecule has 4 heteroatoms. The summed E-state index contributed by atoms with van der Waals surface area (Å²) < 4.78 is 5.81. The maximum Gasteiger partial charge on any atom is 0.118 e. The second-order valence-corrected chi connectivity index (χ2v) is 6.74. The predicted octanol–water partition coefficient (Wildman–Crippen LogP) is 3.94. The molecule has 3 rings (SSSR count). The molecular weight excluding hydrogens is 292 g/mol. The van der Waals surface area contributed by atoms with Crippen LogP contribution in [0.2, 0.25) is 0 Å². The average molecular weight is 316 g/mol. The number of furan rings is 1. The zero-order valence-electron chi connectivity index (χ0n) is 13.6. The number of rotatable bonds is 4. The van der Waals surface area contributed by atoms with Crippen LogP contribution in [0.15, 0.2) is 39.6 Å². The second kappa shape index (κ2) is 6.80. The standard InChI is InChI=1S/C18H24N2OS/c1-14-12-16(21-15(14)2)13-19-8-10-20(11-9-19)17-6-4-5-7-18(17)22-3/h4-7,12H,8-11,13H2,1-3H3. The largest absolute Gasteiger partial charge is 0.465 e. The highest BCUT2D eigenvalue weighted by atomic mass is 32.2. The van der Waals surface area contributed by atoms with Gasteiger partial charge >= 0.3 is 0 Å². The van der Waals surface area contributed by atoms with Gasteiger partial charge in [0.15, 0.2) is 0 Å². The number of hydrogen-bond donors (Lipinski definition) is 0. The van der Waals surface area contributed by atoms with Crippen LogP contribution in [0, 0.1) is 13.8 Å². The number of nitrogens with zero attached hydrogens (tertiary/aromatic N) is 2. The molecule has 1 aliphatic rings. The van der Waals surface area contributed by atoms with E-state index in [0.717, 1.165) is 44.2 Å². The number of piperazine rings is 1. The second-order valence-electron chi connectivity index (χ2n) is 5.89. The maximum atomic E-state index is 5.81. The van der Waals surface area contributed by atoms with Crippen LogP contribution in [0.3, 0.4) is 0 Å². The predicted molar refractivity (Wildman–Crippen MR) is 93.9 cm³/mol. The van der Waals surface area contributed by atoms with E-state index in [9.17, 15) is 0 Å². The van der Waals surface area contributed by atoms with Crippen molar-refractivity contribution in [3.8, 4) is 0 Å². The van der Waals surface area contributed by atoms with Crippen LogP contribution >= 0.6 is 11.8 Å². The molecule has 1 saturated heterocycles. The Morgan fingerprint density at radius 2 is 1.82 bits per heavy atom. The molecule has 0 saturated carbocycles. The number of thioether (sulfide) groups is 1. The van der Waals surface area contributed by atoms with E-state index in [4.69, 9.17) is 4.42 Å². The summed E-state index contributed by atoms with van der Waals surface area (Å²) in [4.78, 5) is 6.35. The van der Waals surface area contributed by atoms with Gasteiger partial charge in [-0.15, -0.1) is 11.8 Å². The molecular formula is C18H24N2OS. The molecule has 0 amide bonds. The molecule has 0 aliphatic carbocycles. The van der Waals surface area contributed by atoms with E-state index < -0.39 is 0 Å². The van der Waals surface area contributed by atoms with Gasteiger partial charge in [-0.2, -0.15) is 0 Å². The molecule has 1 aliphatic heterocycles. The molecule has 1 aromatic carbocycles. The molecule has 1 fully saturated rings. The summed E-state index contributed by atoms with van der Waals surface area (Å²) in [7, 11) is 0. The van der Waals surface area contributed by atoms with Crippen molar-refractivity contribution < 1.29 is 4.42 Å². The Morgan fingerprint density at radius 1 is 1.09 bits per heavy atom. The van der Waals surface area contributed by atoms with Gasteiger partial charge in [0.25, 0.3) is 0 Å². The minimum absolute atomic E-state index is 0.923. The lowest BCUT2D eigenvalue weighted by atomic mass is 10.2. The van der Waals surface area contributed by atoms with Crippen LogP contribution in [-0.4, -0.2) is 37.3 Å². The quantitative estimate of drug-likeness (QED) is 0.796. The normalized spacial score (nSPS) is 16.2. The highest BCUT2D eigenvalue weighted by Crippen LogP contribution is 2.29. The van der Waals surface area contributed by atoms with Gasteiger partial charge in [0.05, 0.1) is 12.2 Å². The van der Waals surface area contributed by atoms with Crippen LogP contribution in [0.25, 0.3) is 0 Å². The first kappa shape index (κ1) is 15.5. The third-order valence-electron chi connectivity index (χ3n) is 4.39. The molecule has 0 radical (unpaired) electrons. The highest BCUT2D eigenvalue weighted by Gasteiger charge is 2.20. The molecule has 3 nitrogen and oxygen atoms in total. The van der Waals surface area contributed by atoms with Crippen LogP contribution in [0.5, 0.6) is 0 Å². The van der Waals surface area contributed by atoms with Crippen molar-refractivity contribution in [2.75, 3.05) is 37.3 Å². The molecule has 118 valence electrons. The SMILES string of the molecule is CSc1ccccc1N1CCN(Cc2cc(C)c(C)o2)CC1. The fourth-order valence-electron chi connectivity index (χ4n) is 2.99. The monoisotopic (exact) mass is 316 g/mol. The summed E-state index contributed by atoms with van der Waals surface area (Å²) in [6, 6.07) is 10.9. The van der Waals surface area contributed by atoms with Gasteiger partial charge in [-0.3, -0.25) is 4.90 Å². The molecule has 0 unspecified atom stereocenters. The Morgan fingerprint density at radius 3 is 2.45 bits per heavy atom. The van der Waals surface area contributed by atoms with E-state index in [0.29, 0.717) is 0 Å². The van der Waals surface area contributed by atoms with Gasteiger partial charge in [0.1, 0.15) is 11.5 Å². The van der Waals surface area contributed by atoms with E-state index in [1.807, 2.05) is 18.7 Å². The Hall–Kier alpha value is -1.39. The van der Waals surface area contributed by atoms with Gasteiger partial charge in [-0.05, 0) is 43.9 Å². The van der Waals surface area contributed by atoms with Crippen molar-refractivity contribution in [1.82, 2.24) is 4.90 Å². The zero-order chi connectivity index (χ0) is 15.5. The van der Waals surface area contributed by atoms with Crippen LogP contribution in [0.1, 0.15) is 17.1 Å². The van der Waals surface area contributed by atoms with Gasteiger partial charge in [0.2, 0.25) is 0 Å². The Balaban J connectivity index is 1.60. The highest BCUT2D eigenvalue weighted by molar-refractivity contribution is 7.98. The van der Waals surface area contributed by atoms with Crippen molar-refractivity contribution >= 4 is 17.4 Å². The Kier molecular flexibility index (Phi) is 4.79. The summed E-state index contributed by atoms with van der Waals surface area (Å²) >= 11 is 1.83. The van der Waals surface area contributed by atoms with Crippen LogP contribution < -0.4 is 4.90 Å². The molecule has 0 spiro atoms. The Bertz CT molecular complexity index is 610. The van der Waals surface area contributed by atoms with Crippen LogP contribution in [-0.2, 0) is 6.54 Å². The zero-order valence-corrected chi connectivity index (χ0v) is 14.4. The van der Waals surface area contributed by atoms with Gasteiger partial charge in [-0.25, -0.2) is 0 Å². The summed E-state index contributed by atoms with van der Waals surface area (Å²) in [6.45, 7) is 9.40. The van der Waals surface area contributed by atoms with E-state index in [1.54, 1.807) is 0 Å². The topological polar surface area (TPSA) is 19.6 Å². The van der Waals surface area contributed by atoms with Crippen molar-refractivity contribution in [3.05, 3.63) is 47.4 Å². The van der Waals surface area contributed by atoms with E-state index >= 15 is 0 Å². The van der Waals surface area contributed by atoms with Gasteiger partial charge in [0, 0.05) is 31.1 Å². The van der Waals surface area contributed by atoms with Crippen molar-refractivity contribution in [2.24, 2.45) is 0 Å². The first-order valence-electron chi connectivity index (χ1n) is 7.83. The minimum atomic E-state index is 0.923. The summed E-state index contributed by atoms with van der Waals surface area (Å²) in [5, 5.41) is 0.